The van der Waals surface area contributed by atoms with E-state index in [0.717, 1.165) is 5.56 Å². The van der Waals surface area contributed by atoms with E-state index in [1.165, 1.54) is 24.3 Å². The van der Waals surface area contributed by atoms with Gasteiger partial charge in [0.25, 0.3) is 15.9 Å². The van der Waals surface area contributed by atoms with E-state index in [2.05, 4.69) is 10.0 Å². The van der Waals surface area contributed by atoms with Crippen molar-refractivity contribution in [3.05, 3.63) is 83.9 Å². The average molecular weight is 421 g/mol. The summed E-state index contributed by atoms with van der Waals surface area (Å²) in [5, 5.41) is 11.2. The van der Waals surface area contributed by atoms with Crippen LogP contribution in [0.4, 0.5) is 11.4 Å². The molecule has 152 valence electrons. The van der Waals surface area contributed by atoms with Crippen molar-refractivity contribution in [2.24, 2.45) is 0 Å². The second-order valence-corrected chi connectivity index (χ2v) is 8.10. The number of ether oxygens (including phenoxy) is 1. The summed E-state index contributed by atoms with van der Waals surface area (Å²) in [5.74, 6) is 0.140. The summed E-state index contributed by atoms with van der Waals surface area (Å²) >= 11 is 0. The molecular formula is C22H19N3O4S. The maximum Gasteiger partial charge on any atom is 0.261 e. The third-order valence-electron chi connectivity index (χ3n) is 4.15. The van der Waals surface area contributed by atoms with E-state index in [1.54, 1.807) is 36.4 Å². The fourth-order valence-electron chi connectivity index (χ4n) is 2.57. The topological polar surface area (TPSA) is 108 Å². The molecule has 0 heterocycles. The Labute approximate surface area is 175 Å². The second kappa shape index (κ2) is 9.11. The highest BCUT2D eigenvalue weighted by molar-refractivity contribution is 7.92. The van der Waals surface area contributed by atoms with Crippen LogP contribution in [0.2, 0.25) is 0 Å². The molecule has 3 rings (SSSR count). The van der Waals surface area contributed by atoms with Crippen LogP contribution in [0.5, 0.6) is 5.75 Å². The Morgan fingerprint density at radius 3 is 2.13 bits per heavy atom. The molecule has 0 bridgehead atoms. The number of hydrogen-bond acceptors (Lipinski definition) is 5. The molecule has 0 aromatic heterocycles. The molecule has 0 spiro atoms. The first-order chi connectivity index (χ1) is 14.4. The van der Waals surface area contributed by atoms with Gasteiger partial charge in [-0.25, -0.2) is 8.42 Å². The van der Waals surface area contributed by atoms with Gasteiger partial charge in [0.2, 0.25) is 0 Å². The largest absolute Gasteiger partial charge is 0.479 e. The van der Waals surface area contributed by atoms with E-state index in [9.17, 15) is 13.2 Å². The molecule has 3 aromatic rings. The molecule has 8 heteroatoms. The molecular weight excluding hydrogens is 402 g/mol. The second-order valence-electron chi connectivity index (χ2n) is 6.42. The van der Waals surface area contributed by atoms with E-state index in [1.807, 2.05) is 25.1 Å². The molecule has 0 aliphatic carbocycles. The van der Waals surface area contributed by atoms with Crippen molar-refractivity contribution in [3.8, 4) is 11.8 Å². The number of rotatable bonds is 7. The summed E-state index contributed by atoms with van der Waals surface area (Å²) in [5.41, 5.74) is 2.35. The van der Waals surface area contributed by atoms with Crippen molar-refractivity contribution in [1.82, 2.24) is 0 Å². The molecule has 0 saturated carbocycles. The first-order valence-electron chi connectivity index (χ1n) is 8.98. The van der Waals surface area contributed by atoms with E-state index in [0.29, 0.717) is 22.7 Å². The zero-order valence-electron chi connectivity index (χ0n) is 16.1. The molecule has 3 aromatic carbocycles. The van der Waals surface area contributed by atoms with Crippen LogP contribution in [0.15, 0.2) is 77.7 Å². The quantitative estimate of drug-likeness (QED) is 0.600. The average Bonchev–Trinajstić information content (AvgIpc) is 2.75. The molecule has 0 saturated heterocycles. The van der Waals surface area contributed by atoms with Gasteiger partial charge in [0.15, 0.2) is 6.61 Å². The molecule has 0 atom stereocenters. The number of sulfonamides is 1. The summed E-state index contributed by atoms with van der Waals surface area (Å²) in [7, 11) is -3.76. The summed E-state index contributed by atoms with van der Waals surface area (Å²) < 4.78 is 32.7. The number of nitriles is 1. The zero-order valence-corrected chi connectivity index (χ0v) is 16.9. The molecule has 2 N–H and O–H groups in total. The van der Waals surface area contributed by atoms with Crippen LogP contribution in [0.25, 0.3) is 0 Å². The van der Waals surface area contributed by atoms with Crippen LogP contribution >= 0.6 is 0 Å². The molecule has 0 unspecified atom stereocenters. The van der Waals surface area contributed by atoms with Crippen molar-refractivity contribution < 1.29 is 17.9 Å². The van der Waals surface area contributed by atoms with Crippen LogP contribution in [0.1, 0.15) is 15.9 Å². The smallest absolute Gasteiger partial charge is 0.261 e. The van der Waals surface area contributed by atoms with E-state index >= 15 is 0 Å². The number of carbonyl (C=O) groups is 1. The summed E-state index contributed by atoms with van der Waals surface area (Å²) in [4.78, 5) is 12.5. The number of aryl methyl sites for hydroxylation is 1. The number of nitrogens with one attached hydrogen (secondary N) is 2. The van der Waals surface area contributed by atoms with E-state index in [4.69, 9.17) is 10.00 Å². The van der Waals surface area contributed by atoms with Gasteiger partial charge in [0.1, 0.15) is 11.8 Å². The molecule has 0 fully saturated rings. The Balaban J connectivity index is 1.66. The molecule has 7 nitrogen and oxygen atoms in total. The number of nitrogens with zero attached hydrogens (tertiary/aromatic N) is 1. The van der Waals surface area contributed by atoms with Crippen LogP contribution in [0.3, 0.4) is 0 Å². The number of benzene rings is 3. The standard InChI is InChI=1S/C22H19N3O4S/c1-16-2-6-19(7-3-16)25-30(27,28)21-12-4-17(5-13-21)22(26)24-18-8-10-20(11-9-18)29-15-14-23/h2-13,25H,15H2,1H3,(H,24,26). The monoisotopic (exact) mass is 421 g/mol. The van der Waals surface area contributed by atoms with Gasteiger partial charge in [0.05, 0.1) is 4.90 Å². The minimum Gasteiger partial charge on any atom is -0.479 e. The van der Waals surface area contributed by atoms with E-state index in [-0.39, 0.29) is 17.4 Å². The van der Waals surface area contributed by atoms with Gasteiger partial charge >= 0.3 is 0 Å². The Kier molecular flexibility index (Phi) is 6.35. The van der Waals surface area contributed by atoms with Crippen molar-refractivity contribution in [2.45, 2.75) is 11.8 Å². The maximum absolute atomic E-state index is 12.5. The lowest BCUT2D eigenvalue weighted by Crippen LogP contribution is -2.14. The minimum atomic E-state index is -3.76. The van der Waals surface area contributed by atoms with Gasteiger partial charge in [-0.15, -0.1) is 0 Å². The molecule has 30 heavy (non-hydrogen) atoms. The van der Waals surface area contributed by atoms with Crippen LogP contribution in [-0.4, -0.2) is 20.9 Å². The number of amides is 1. The Bertz CT molecular complexity index is 1170. The lowest BCUT2D eigenvalue weighted by atomic mass is 10.2. The van der Waals surface area contributed by atoms with Crippen molar-refractivity contribution in [1.29, 1.82) is 5.26 Å². The first-order valence-corrected chi connectivity index (χ1v) is 10.5. The van der Waals surface area contributed by atoms with Crippen molar-refractivity contribution in [3.63, 3.8) is 0 Å². The van der Waals surface area contributed by atoms with Crippen LogP contribution < -0.4 is 14.8 Å². The molecule has 1 amide bonds. The van der Waals surface area contributed by atoms with Crippen molar-refractivity contribution in [2.75, 3.05) is 16.6 Å². The van der Waals surface area contributed by atoms with Gasteiger partial charge < -0.3 is 10.1 Å². The highest BCUT2D eigenvalue weighted by Crippen LogP contribution is 2.19. The van der Waals surface area contributed by atoms with Gasteiger partial charge in [-0.05, 0) is 67.6 Å². The third kappa shape index (κ3) is 5.37. The Hall–Kier alpha value is -3.83. The summed E-state index contributed by atoms with van der Waals surface area (Å²) in [6.45, 7) is 1.86. The van der Waals surface area contributed by atoms with Crippen LogP contribution in [0, 0.1) is 18.3 Å². The normalized spacial score (nSPS) is 10.7. The van der Waals surface area contributed by atoms with Gasteiger partial charge in [-0.3, -0.25) is 9.52 Å². The van der Waals surface area contributed by atoms with Crippen molar-refractivity contribution >= 4 is 27.3 Å². The number of carbonyl (C=O) groups excluding carboxylic acids is 1. The molecule has 0 radical (unpaired) electrons. The number of hydrogen-bond donors (Lipinski definition) is 2. The third-order valence-corrected chi connectivity index (χ3v) is 5.54. The summed E-state index contributed by atoms with van der Waals surface area (Å²) in [6.07, 6.45) is 0. The molecule has 0 aliphatic rings. The predicted molar refractivity (Wildman–Crippen MR) is 114 cm³/mol. The lowest BCUT2D eigenvalue weighted by molar-refractivity contribution is 0.102. The Morgan fingerprint density at radius 2 is 1.53 bits per heavy atom. The molecule has 0 aliphatic heterocycles. The van der Waals surface area contributed by atoms with E-state index < -0.39 is 10.0 Å². The summed E-state index contributed by atoms with van der Waals surface area (Å²) in [6, 6.07) is 21.1. The zero-order chi connectivity index (χ0) is 21.6. The first kappa shape index (κ1) is 20.9. The van der Waals surface area contributed by atoms with Gasteiger partial charge in [-0.1, -0.05) is 17.7 Å². The van der Waals surface area contributed by atoms with Gasteiger partial charge in [0, 0.05) is 16.9 Å². The fourth-order valence-corrected chi connectivity index (χ4v) is 3.63. The highest BCUT2D eigenvalue weighted by atomic mass is 32.2. The fraction of sp³-hybridized carbons (Fsp3) is 0.0909. The maximum atomic E-state index is 12.5. The van der Waals surface area contributed by atoms with Gasteiger partial charge in [-0.2, -0.15) is 5.26 Å². The minimum absolute atomic E-state index is 0.0543. The predicted octanol–water partition coefficient (Wildman–Crippen LogP) is 3.95. The van der Waals surface area contributed by atoms with Crippen LogP contribution in [-0.2, 0) is 10.0 Å². The SMILES string of the molecule is Cc1ccc(NS(=O)(=O)c2ccc(C(=O)Nc3ccc(OCC#N)cc3)cc2)cc1. The Morgan fingerprint density at radius 1 is 0.933 bits per heavy atom. The lowest BCUT2D eigenvalue weighted by Gasteiger charge is -2.10. The highest BCUT2D eigenvalue weighted by Gasteiger charge is 2.15. The number of anilines is 2.